The maximum Gasteiger partial charge on any atom is 0.311 e. The molecular formula is C10H12N4O5S. The SMILES string of the molecule is Nn1cnc(=O)c2sc(=O)n([C@@H]3O[C@H](CO)C[C@H]3O)c21. The van der Waals surface area contributed by atoms with Gasteiger partial charge in [-0.3, -0.25) is 14.2 Å². The lowest BCUT2D eigenvalue weighted by atomic mass is 10.2. The molecule has 3 heterocycles. The predicted octanol–water partition coefficient (Wildman–Crippen LogP) is -2.03. The van der Waals surface area contributed by atoms with Crippen LogP contribution in [0.5, 0.6) is 0 Å². The van der Waals surface area contributed by atoms with Gasteiger partial charge in [-0.1, -0.05) is 11.3 Å². The zero-order valence-electron chi connectivity index (χ0n) is 10.2. The van der Waals surface area contributed by atoms with Crippen molar-refractivity contribution in [1.82, 2.24) is 14.2 Å². The number of nitrogens with two attached hydrogens (primary N) is 1. The van der Waals surface area contributed by atoms with Crippen LogP contribution in [-0.4, -0.2) is 43.3 Å². The Morgan fingerprint density at radius 3 is 2.95 bits per heavy atom. The Bertz CT molecular complexity index is 765. The highest BCUT2D eigenvalue weighted by Crippen LogP contribution is 2.30. The van der Waals surface area contributed by atoms with Gasteiger partial charge in [0.2, 0.25) is 0 Å². The van der Waals surface area contributed by atoms with Gasteiger partial charge in [0, 0.05) is 6.42 Å². The smallest absolute Gasteiger partial charge is 0.311 e. The fraction of sp³-hybridized carbons (Fsp3) is 0.500. The van der Waals surface area contributed by atoms with Gasteiger partial charge in [0.1, 0.15) is 17.1 Å². The topological polar surface area (TPSA) is 133 Å². The lowest BCUT2D eigenvalue weighted by Crippen LogP contribution is -2.29. The number of ether oxygens (including phenoxy) is 1. The Hall–Kier alpha value is -1.75. The molecule has 0 radical (unpaired) electrons. The van der Waals surface area contributed by atoms with E-state index in [1.807, 2.05) is 0 Å². The molecule has 2 aromatic heterocycles. The van der Waals surface area contributed by atoms with Crippen molar-refractivity contribution in [3.63, 3.8) is 0 Å². The first-order valence-electron chi connectivity index (χ1n) is 5.85. The largest absolute Gasteiger partial charge is 0.394 e. The van der Waals surface area contributed by atoms with Gasteiger partial charge in [-0.25, -0.2) is 4.68 Å². The third kappa shape index (κ3) is 1.85. The van der Waals surface area contributed by atoms with Gasteiger partial charge < -0.3 is 20.8 Å². The molecule has 0 amide bonds. The highest BCUT2D eigenvalue weighted by Gasteiger charge is 2.37. The minimum absolute atomic E-state index is 0.100. The number of rotatable bonds is 2. The van der Waals surface area contributed by atoms with E-state index in [1.165, 1.54) is 0 Å². The van der Waals surface area contributed by atoms with Gasteiger partial charge >= 0.3 is 4.87 Å². The molecule has 2 aromatic rings. The second kappa shape index (κ2) is 4.66. The van der Waals surface area contributed by atoms with Gasteiger partial charge in [0.25, 0.3) is 5.56 Å². The summed E-state index contributed by atoms with van der Waals surface area (Å²) >= 11 is 0.695. The first-order valence-corrected chi connectivity index (χ1v) is 6.66. The number of nitrogen functional groups attached to an aromatic ring is 1. The van der Waals surface area contributed by atoms with Gasteiger partial charge in [-0.05, 0) is 0 Å². The summed E-state index contributed by atoms with van der Waals surface area (Å²) in [5.74, 6) is 5.70. The van der Waals surface area contributed by atoms with E-state index < -0.39 is 28.9 Å². The van der Waals surface area contributed by atoms with Crippen molar-refractivity contribution in [2.45, 2.75) is 24.9 Å². The molecule has 0 aliphatic carbocycles. The van der Waals surface area contributed by atoms with E-state index in [4.69, 9.17) is 15.7 Å². The number of aromatic nitrogens is 3. The van der Waals surface area contributed by atoms with Crippen LogP contribution in [0.25, 0.3) is 10.3 Å². The number of nitrogens with zero attached hydrogens (tertiary/aromatic N) is 3. The molecule has 1 saturated heterocycles. The van der Waals surface area contributed by atoms with Gasteiger partial charge in [0.05, 0.1) is 12.7 Å². The standard InChI is InChI=1S/C10H12N4O5S/c11-13-3-12-7(17)6-8(13)14(10(18)20-6)9-5(16)1-4(2-15)19-9/h3-5,9,15-16H,1-2,11H2/t4-,5+,9+/m0/s1. The lowest BCUT2D eigenvalue weighted by Gasteiger charge is -2.17. The quantitative estimate of drug-likeness (QED) is 0.545. The first-order chi connectivity index (χ1) is 9.52. The van der Waals surface area contributed by atoms with E-state index in [-0.39, 0.29) is 23.4 Å². The zero-order valence-corrected chi connectivity index (χ0v) is 11.0. The summed E-state index contributed by atoms with van der Waals surface area (Å²) in [6.45, 7) is -0.263. The Balaban J connectivity index is 2.22. The molecule has 4 N–H and O–H groups in total. The molecule has 0 saturated carbocycles. The van der Waals surface area contributed by atoms with E-state index in [0.717, 1.165) is 15.6 Å². The molecule has 3 atom stereocenters. The summed E-state index contributed by atoms with van der Waals surface area (Å²) in [5.41, 5.74) is -0.420. The second-order valence-electron chi connectivity index (χ2n) is 4.48. The molecule has 3 rings (SSSR count). The molecule has 10 heteroatoms. The lowest BCUT2D eigenvalue weighted by molar-refractivity contribution is -0.0496. The zero-order chi connectivity index (χ0) is 14.4. The maximum absolute atomic E-state index is 12.1. The molecule has 20 heavy (non-hydrogen) atoms. The summed E-state index contributed by atoms with van der Waals surface area (Å²) < 4.78 is 7.70. The van der Waals surface area contributed by atoms with Crippen LogP contribution >= 0.6 is 11.3 Å². The van der Waals surface area contributed by atoms with Crippen LogP contribution in [0.2, 0.25) is 0 Å². The monoisotopic (exact) mass is 300 g/mol. The average Bonchev–Trinajstić information content (AvgIpc) is 2.95. The number of aliphatic hydroxyl groups excluding tert-OH is 2. The maximum atomic E-state index is 12.1. The molecular weight excluding hydrogens is 288 g/mol. The third-order valence-electron chi connectivity index (χ3n) is 3.18. The van der Waals surface area contributed by atoms with E-state index in [9.17, 15) is 14.7 Å². The highest BCUT2D eigenvalue weighted by atomic mass is 32.1. The van der Waals surface area contributed by atoms with Crippen LogP contribution in [-0.2, 0) is 4.74 Å². The van der Waals surface area contributed by atoms with E-state index in [2.05, 4.69) is 4.98 Å². The van der Waals surface area contributed by atoms with Crippen molar-refractivity contribution < 1.29 is 14.9 Å². The molecule has 0 aromatic carbocycles. The summed E-state index contributed by atoms with van der Waals surface area (Å²) in [4.78, 5) is 26.8. The van der Waals surface area contributed by atoms with Crippen LogP contribution in [0.1, 0.15) is 12.6 Å². The number of aliphatic hydroxyl groups is 2. The molecule has 0 bridgehead atoms. The van der Waals surface area contributed by atoms with Crippen LogP contribution in [0.4, 0.5) is 0 Å². The molecule has 1 fully saturated rings. The fourth-order valence-corrected chi connectivity index (χ4v) is 3.19. The van der Waals surface area contributed by atoms with Crippen LogP contribution < -0.4 is 16.3 Å². The summed E-state index contributed by atoms with van der Waals surface area (Å²) in [6.07, 6.45) is -1.21. The second-order valence-corrected chi connectivity index (χ2v) is 5.44. The van der Waals surface area contributed by atoms with Crippen molar-refractivity contribution >= 4 is 21.7 Å². The van der Waals surface area contributed by atoms with E-state index >= 15 is 0 Å². The Labute approximate surface area is 115 Å². The van der Waals surface area contributed by atoms with E-state index in [1.54, 1.807) is 0 Å². The van der Waals surface area contributed by atoms with Crippen molar-refractivity contribution in [3.8, 4) is 0 Å². The van der Waals surface area contributed by atoms with Crippen molar-refractivity contribution in [1.29, 1.82) is 0 Å². The Kier molecular flexibility index (Phi) is 3.09. The molecule has 0 unspecified atom stereocenters. The van der Waals surface area contributed by atoms with Crippen molar-refractivity contribution in [3.05, 3.63) is 26.3 Å². The number of thiazole rings is 1. The van der Waals surface area contributed by atoms with Gasteiger partial charge in [0.15, 0.2) is 11.9 Å². The van der Waals surface area contributed by atoms with Crippen LogP contribution in [0.3, 0.4) is 0 Å². The van der Waals surface area contributed by atoms with Crippen LogP contribution in [0, 0.1) is 0 Å². The molecule has 108 valence electrons. The predicted molar refractivity (Wildman–Crippen MR) is 69.9 cm³/mol. The number of hydrogen-bond acceptors (Lipinski definition) is 8. The number of hydrogen-bond donors (Lipinski definition) is 3. The molecule has 1 aliphatic rings. The van der Waals surface area contributed by atoms with Gasteiger partial charge in [-0.2, -0.15) is 4.98 Å². The normalized spacial score (nSPS) is 26.4. The van der Waals surface area contributed by atoms with Gasteiger partial charge in [-0.15, -0.1) is 0 Å². The summed E-state index contributed by atoms with van der Waals surface area (Å²) in [6, 6.07) is 0. The molecule has 0 spiro atoms. The van der Waals surface area contributed by atoms with Crippen LogP contribution in [0.15, 0.2) is 15.9 Å². The van der Waals surface area contributed by atoms with Crippen molar-refractivity contribution in [2.75, 3.05) is 12.4 Å². The average molecular weight is 300 g/mol. The first kappa shape index (κ1) is 13.2. The van der Waals surface area contributed by atoms with Crippen molar-refractivity contribution in [2.24, 2.45) is 0 Å². The minimum atomic E-state index is -0.981. The molecule has 1 aliphatic heterocycles. The minimum Gasteiger partial charge on any atom is -0.394 e. The number of fused-ring (bicyclic) bond motifs is 1. The van der Waals surface area contributed by atoms with E-state index in [0.29, 0.717) is 11.3 Å². The highest BCUT2D eigenvalue weighted by molar-refractivity contribution is 7.16. The summed E-state index contributed by atoms with van der Waals surface area (Å²) in [7, 11) is 0. The fourth-order valence-electron chi connectivity index (χ4n) is 2.29. The Morgan fingerprint density at radius 1 is 1.55 bits per heavy atom. The molecule has 9 nitrogen and oxygen atoms in total. The summed E-state index contributed by atoms with van der Waals surface area (Å²) in [5, 5.41) is 19.0. The third-order valence-corrected chi connectivity index (χ3v) is 4.11. The Morgan fingerprint density at radius 2 is 2.30 bits per heavy atom.